The van der Waals surface area contributed by atoms with Gasteiger partial charge in [-0.2, -0.15) is 4.98 Å². The van der Waals surface area contributed by atoms with E-state index in [0.29, 0.717) is 51.8 Å². The average Bonchev–Trinajstić information content (AvgIpc) is 3.10. The van der Waals surface area contributed by atoms with Gasteiger partial charge in [-0.3, -0.25) is 9.69 Å². The molecule has 2 N–H and O–H groups in total. The molecule has 0 aromatic carbocycles. The van der Waals surface area contributed by atoms with Crippen LogP contribution in [0.3, 0.4) is 0 Å². The Bertz CT molecular complexity index is 638. The molecule has 0 unspecified atom stereocenters. The van der Waals surface area contributed by atoms with E-state index < -0.39 is 5.60 Å². The molecule has 3 aliphatic heterocycles. The lowest BCUT2D eigenvalue weighted by Gasteiger charge is -2.57. The van der Waals surface area contributed by atoms with Crippen molar-refractivity contribution < 1.29 is 23.9 Å². The molecule has 0 bridgehead atoms. The summed E-state index contributed by atoms with van der Waals surface area (Å²) in [6, 6.07) is 0.198. The van der Waals surface area contributed by atoms with Gasteiger partial charge in [0.15, 0.2) is 0 Å². The van der Waals surface area contributed by atoms with Crippen LogP contribution in [0.1, 0.15) is 29.4 Å². The number of nitrogens with one attached hydrogen (secondary N) is 1. The summed E-state index contributed by atoms with van der Waals surface area (Å²) in [4.78, 5) is 18.0. The lowest BCUT2D eigenvalue weighted by Crippen LogP contribution is -2.67. The number of rotatable bonds is 3. The third-order valence-corrected chi connectivity index (χ3v) is 5.80. The van der Waals surface area contributed by atoms with Crippen LogP contribution >= 0.6 is 0 Å². The molecule has 25 heavy (non-hydrogen) atoms. The Morgan fingerprint density at radius 2 is 2.24 bits per heavy atom. The summed E-state index contributed by atoms with van der Waals surface area (Å²) in [5, 5.41) is 17.5. The molecule has 3 aliphatic rings. The second-order valence-electron chi connectivity index (χ2n) is 7.07. The molecule has 0 saturated carbocycles. The van der Waals surface area contributed by atoms with Crippen LogP contribution in [0.5, 0.6) is 0 Å². The SMILES string of the molecule is CNC(=O)c1noc(CN2C[C@H]3COCC[C@@]3(O)[C@@H]3COCC[C@@H]32)n1. The van der Waals surface area contributed by atoms with Gasteiger partial charge in [0.25, 0.3) is 11.7 Å². The number of ether oxygens (including phenoxy) is 2. The fraction of sp³-hybridized carbons (Fsp3) is 0.812. The minimum Gasteiger partial charge on any atom is -0.389 e. The molecule has 1 aromatic rings. The average molecular weight is 352 g/mol. The molecule has 3 saturated heterocycles. The van der Waals surface area contributed by atoms with Crippen molar-refractivity contribution in [2.24, 2.45) is 11.8 Å². The number of nitrogens with zero attached hydrogens (tertiary/aromatic N) is 3. The number of hydrogen-bond donors (Lipinski definition) is 2. The molecule has 3 fully saturated rings. The van der Waals surface area contributed by atoms with Crippen LogP contribution in [0.25, 0.3) is 0 Å². The number of carbonyl (C=O) groups is 1. The Balaban J connectivity index is 1.54. The molecule has 138 valence electrons. The van der Waals surface area contributed by atoms with Crippen molar-refractivity contribution in [1.29, 1.82) is 0 Å². The maximum absolute atomic E-state index is 11.6. The first-order valence-corrected chi connectivity index (χ1v) is 8.78. The van der Waals surface area contributed by atoms with Crippen molar-refractivity contribution in [2.75, 3.05) is 40.0 Å². The van der Waals surface area contributed by atoms with Gasteiger partial charge in [-0.15, -0.1) is 0 Å². The first-order valence-electron chi connectivity index (χ1n) is 8.78. The third kappa shape index (κ3) is 2.95. The van der Waals surface area contributed by atoms with Crippen molar-refractivity contribution in [3.8, 4) is 0 Å². The lowest BCUT2D eigenvalue weighted by molar-refractivity contribution is -0.222. The topological polar surface area (TPSA) is 110 Å². The van der Waals surface area contributed by atoms with E-state index in [1.807, 2.05) is 0 Å². The van der Waals surface area contributed by atoms with Gasteiger partial charge in [0.2, 0.25) is 5.89 Å². The van der Waals surface area contributed by atoms with Crippen molar-refractivity contribution in [3.63, 3.8) is 0 Å². The Hall–Kier alpha value is -1.55. The maximum Gasteiger partial charge on any atom is 0.292 e. The van der Waals surface area contributed by atoms with E-state index in [1.54, 1.807) is 0 Å². The fourth-order valence-electron chi connectivity index (χ4n) is 4.45. The van der Waals surface area contributed by atoms with Gasteiger partial charge in [-0.1, -0.05) is 5.16 Å². The Morgan fingerprint density at radius 1 is 1.40 bits per heavy atom. The number of likely N-dealkylation sites (tertiary alicyclic amines) is 1. The molecule has 9 nitrogen and oxygen atoms in total. The molecule has 4 rings (SSSR count). The number of piperidine rings is 1. The third-order valence-electron chi connectivity index (χ3n) is 5.80. The summed E-state index contributed by atoms with van der Waals surface area (Å²) >= 11 is 0. The molecular weight excluding hydrogens is 328 g/mol. The van der Waals surface area contributed by atoms with Crippen LogP contribution in [0.2, 0.25) is 0 Å². The maximum atomic E-state index is 11.6. The van der Waals surface area contributed by atoms with E-state index in [9.17, 15) is 9.90 Å². The molecule has 0 aliphatic carbocycles. The number of aliphatic hydroxyl groups is 1. The molecule has 4 heterocycles. The Morgan fingerprint density at radius 3 is 3.08 bits per heavy atom. The summed E-state index contributed by atoms with van der Waals surface area (Å²) in [5.74, 6) is 0.157. The van der Waals surface area contributed by atoms with Crippen molar-refractivity contribution in [1.82, 2.24) is 20.4 Å². The van der Waals surface area contributed by atoms with Gasteiger partial charge < -0.3 is 24.4 Å². The van der Waals surface area contributed by atoms with Crippen LogP contribution in [0.4, 0.5) is 0 Å². The Labute approximate surface area is 145 Å². The standard InChI is InChI=1S/C16H24N4O5/c1-17-15(21)14-18-13(25-19-14)7-20-6-10-8-24-5-3-16(10,22)11-9-23-4-2-12(11)20/h10-12,22H,2-9H2,1H3,(H,17,21)/t10-,11+,12-,16-/m0/s1. The zero-order chi connectivity index (χ0) is 17.4. The van der Waals surface area contributed by atoms with Gasteiger partial charge in [0.05, 0.1) is 25.4 Å². The van der Waals surface area contributed by atoms with Gasteiger partial charge in [-0.05, 0) is 6.42 Å². The molecule has 9 heteroatoms. The summed E-state index contributed by atoms with van der Waals surface area (Å²) in [6.07, 6.45) is 1.51. The zero-order valence-electron chi connectivity index (χ0n) is 14.3. The van der Waals surface area contributed by atoms with Crippen LogP contribution < -0.4 is 5.32 Å². The van der Waals surface area contributed by atoms with Gasteiger partial charge >= 0.3 is 0 Å². The van der Waals surface area contributed by atoms with E-state index in [1.165, 1.54) is 7.05 Å². The highest BCUT2D eigenvalue weighted by Crippen LogP contribution is 2.44. The quantitative estimate of drug-likeness (QED) is 0.743. The van der Waals surface area contributed by atoms with E-state index in [0.717, 1.165) is 6.42 Å². The highest BCUT2D eigenvalue weighted by atomic mass is 16.5. The van der Waals surface area contributed by atoms with E-state index in [4.69, 9.17) is 14.0 Å². The molecule has 0 spiro atoms. The summed E-state index contributed by atoms with van der Waals surface area (Å²) < 4.78 is 16.5. The number of hydrogen-bond acceptors (Lipinski definition) is 8. The summed E-state index contributed by atoms with van der Waals surface area (Å²) in [5.41, 5.74) is -0.734. The first-order chi connectivity index (χ1) is 12.1. The lowest BCUT2D eigenvalue weighted by atomic mass is 9.66. The van der Waals surface area contributed by atoms with Crippen LogP contribution in [0, 0.1) is 11.8 Å². The monoisotopic (exact) mass is 352 g/mol. The van der Waals surface area contributed by atoms with Crippen molar-refractivity contribution >= 4 is 5.91 Å². The van der Waals surface area contributed by atoms with Crippen LogP contribution in [-0.4, -0.2) is 77.7 Å². The molecular formula is C16H24N4O5. The number of carbonyl (C=O) groups excluding carboxylic acids is 1. The van der Waals surface area contributed by atoms with E-state index in [-0.39, 0.29) is 29.6 Å². The predicted molar refractivity (Wildman–Crippen MR) is 84.7 cm³/mol. The molecule has 4 atom stereocenters. The number of fused-ring (bicyclic) bond motifs is 3. The predicted octanol–water partition coefficient (Wildman–Crippen LogP) is -0.582. The van der Waals surface area contributed by atoms with Crippen molar-refractivity contribution in [2.45, 2.75) is 31.0 Å². The fourth-order valence-corrected chi connectivity index (χ4v) is 4.45. The normalized spacial score (nSPS) is 35.7. The van der Waals surface area contributed by atoms with Crippen LogP contribution in [-0.2, 0) is 16.0 Å². The zero-order valence-corrected chi connectivity index (χ0v) is 14.3. The molecule has 0 radical (unpaired) electrons. The number of aromatic nitrogens is 2. The highest BCUT2D eigenvalue weighted by Gasteiger charge is 2.55. The smallest absolute Gasteiger partial charge is 0.292 e. The van der Waals surface area contributed by atoms with Gasteiger partial charge in [0.1, 0.15) is 0 Å². The van der Waals surface area contributed by atoms with Crippen LogP contribution in [0.15, 0.2) is 4.52 Å². The molecule has 1 amide bonds. The van der Waals surface area contributed by atoms with E-state index in [2.05, 4.69) is 20.4 Å². The highest BCUT2D eigenvalue weighted by molar-refractivity contribution is 5.89. The minimum atomic E-state index is -0.734. The minimum absolute atomic E-state index is 0.0329. The Kier molecular flexibility index (Phi) is 4.48. The second kappa shape index (κ2) is 6.64. The number of amides is 1. The van der Waals surface area contributed by atoms with Crippen molar-refractivity contribution in [3.05, 3.63) is 11.7 Å². The molecule has 1 aromatic heterocycles. The summed E-state index contributed by atoms with van der Waals surface area (Å²) in [7, 11) is 1.53. The summed E-state index contributed by atoms with van der Waals surface area (Å²) in [6.45, 7) is 3.54. The first kappa shape index (κ1) is 16.9. The van der Waals surface area contributed by atoms with Gasteiger partial charge in [-0.25, -0.2) is 0 Å². The van der Waals surface area contributed by atoms with E-state index >= 15 is 0 Å². The largest absolute Gasteiger partial charge is 0.389 e. The second-order valence-corrected chi connectivity index (χ2v) is 7.07. The van der Waals surface area contributed by atoms with Gasteiger partial charge in [0, 0.05) is 51.1 Å².